The minimum absolute atomic E-state index is 0. The van der Waals surface area contributed by atoms with E-state index in [1.54, 1.807) is 0 Å². The summed E-state index contributed by atoms with van der Waals surface area (Å²) in [4.78, 5) is 23.7. The first-order chi connectivity index (χ1) is 13.7. The lowest BCUT2D eigenvalue weighted by Crippen LogP contribution is -2.55. The smallest absolute Gasteiger partial charge is 0.236 e. The highest BCUT2D eigenvalue weighted by Crippen LogP contribution is 2.12. The maximum atomic E-state index is 12.4. The van der Waals surface area contributed by atoms with Crippen molar-refractivity contribution in [3.8, 4) is 0 Å². The van der Waals surface area contributed by atoms with E-state index in [9.17, 15) is 9.90 Å². The van der Waals surface area contributed by atoms with Crippen molar-refractivity contribution in [3.05, 3.63) is 0 Å². The van der Waals surface area contributed by atoms with E-state index < -0.39 is 0 Å². The van der Waals surface area contributed by atoms with Crippen LogP contribution in [0, 0.1) is 5.92 Å². The van der Waals surface area contributed by atoms with Crippen LogP contribution in [0.5, 0.6) is 0 Å². The van der Waals surface area contributed by atoms with Crippen LogP contribution in [0.2, 0.25) is 0 Å². The number of carbonyl (C=O) groups excluding carboxylic acids is 1. The molecule has 1 atom stereocenters. The minimum atomic E-state index is 0. The number of aliphatic hydroxyl groups is 1. The Bertz CT molecular complexity index is 475. The van der Waals surface area contributed by atoms with Gasteiger partial charge in [0, 0.05) is 59.0 Å². The summed E-state index contributed by atoms with van der Waals surface area (Å²) >= 11 is 0. The molecule has 0 saturated carbocycles. The average molecular weight is 525 g/mol. The van der Waals surface area contributed by atoms with E-state index >= 15 is 0 Å². The molecule has 8 nitrogen and oxygen atoms in total. The van der Waals surface area contributed by atoms with E-state index in [0.717, 1.165) is 64.5 Å². The van der Waals surface area contributed by atoms with Gasteiger partial charge >= 0.3 is 0 Å². The van der Waals surface area contributed by atoms with Crippen LogP contribution in [0.1, 0.15) is 33.1 Å². The highest BCUT2D eigenvalue weighted by atomic mass is 127. The molecule has 0 aromatic rings. The minimum Gasteiger partial charge on any atom is -0.396 e. The number of hydrogen-bond acceptors (Lipinski definition) is 5. The second-order valence-electron chi connectivity index (χ2n) is 7.62. The van der Waals surface area contributed by atoms with Crippen molar-refractivity contribution in [1.82, 2.24) is 20.0 Å². The number of aliphatic imine (C=N–C) groups is 1. The van der Waals surface area contributed by atoms with Gasteiger partial charge in [-0.15, -0.1) is 24.0 Å². The van der Waals surface area contributed by atoms with Crippen molar-refractivity contribution in [2.75, 3.05) is 78.7 Å². The first kappa shape index (κ1) is 26.4. The van der Waals surface area contributed by atoms with Crippen LogP contribution >= 0.6 is 24.0 Å². The Morgan fingerprint density at radius 2 is 1.76 bits per heavy atom. The van der Waals surface area contributed by atoms with Crippen LogP contribution in [-0.4, -0.2) is 110 Å². The third-order valence-electron chi connectivity index (χ3n) is 5.46. The Labute approximate surface area is 193 Å². The van der Waals surface area contributed by atoms with E-state index in [0.29, 0.717) is 38.8 Å². The molecule has 0 aromatic carbocycles. The molecule has 2 saturated heterocycles. The molecule has 0 aromatic heterocycles. The second kappa shape index (κ2) is 15.2. The fourth-order valence-corrected chi connectivity index (χ4v) is 3.78. The maximum Gasteiger partial charge on any atom is 0.236 e. The van der Waals surface area contributed by atoms with Crippen molar-refractivity contribution in [2.45, 2.75) is 33.1 Å². The Balaban J connectivity index is 0.00000420. The fourth-order valence-electron chi connectivity index (χ4n) is 3.78. The number of piperazine rings is 1. The maximum absolute atomic E-state index is 12.4. The molecule has 2 N–H and O–H groups in total. The summed E-state index contributed by atoms with van der Waals surface area (Å²) in [7, 11) is 0. The molecule has 1 amide bonds. The summed E-state index contributed by atoms with van der Waals surface area (Å²) in [5.74, 6) is 1.61. The van der Waals surface area contributed by atoms with Gasteiger partial charge < -0.3 is 25.0 Å². The quantitative estimate of drug-likeness (QED) is 0.264. The van der Waals surface area contributed by atoms with Gasteiger partial charge in [0.1, 0.15) is 0 Å². The third kappa shape index (κ3) is 9.35. The lowest BCUT2D eigenvalue weighted by Gasteiger charge is -2.37. The molecule has 1 unspecified atom stereocenters. The number of amides is 1. The second-order valence-corrected chi connectivity index (χ2v) is 7.62. The average Bonchev–Trinajstić information content (AvgIpc) is 2.72. The largest absolute Gasteiger partial charge is 0.396 e. The van der Waals surface area contributed by atoms with Crippen molar-refractivity contribution in [3.63, 3.8) is 0 Å². The van der Waals surface area contributed by atoms with Crippen LogP contribution in [0.25, 0.3) is 0 Å². The van der Waals surface area contributed by atoms with E-state index in [4.69, 9.17) is 9.73 Å². The van der Waals surface area contributed by atoms with Gasteiger partial charge in [0.25, 0.3) is 0 Å². The van der Waals surface area contributed by atoms with Crippen LogP contribution in [0.15, 0.2) is 4.99 Å². The number of halogens is 1. The fraction of sp³-hybridized carbons (Fsp3) is 0.900. The number of rotatable bonds is 9. The molecule has 0 radical (unpaired) electrons. The number of ether oxygens (including phenoxy) is 1. The molecule has 170 valence electrons. The topological polar surface area (TPSA) is 80.6 Å². The zero-order valence-corrected chi connectivity index (χ0v) is 20.5. The van der Waals surface area contributed by atoms with Crippen LogP contribution in [-0.2, 0) is 9.53 Å². The first-order valence-corrected chi connectivity index (χ1v) is 10.9. The highest BCUT2D eigenvalue weighted by molar-refractivity contribution is 14.0. The van der Waals surface area contributed by atoms with Gasteiger partial charge in [-0.1, -0.05) is 13.3 Å². The SMILES string of the molecule is CCCC(CCO)CN=C(NCC)N1CCN(CC(=O)N2CCOCC2)CC1.I. The molecular formula is C20H40IN5O3. The zero-order valence-electron chi connectivity index (χ0n) is 18.1. The molecule has 0 bridgehead atoms. The lowest BCUT2D eigenvalue weighted by molar-refractivity contribution is -0.136. The van der Waals surface area contributed by atoms with Crippen LogP contribution in [0.4, 0.5) is 0 Å². The number of carbonyl (C=O) groups is 1. The van der Waals surface area contributed by atoms with E-state index in [-0.39, 0.29) is 36.5 Å². The number of nitrogens with one attached hydrogen (secondary N) is 1. The Morgan fingerprint density at radius 1 is 1.07 bits per heavy atom. The van der Waals surface area contributed by atoms with Crippen LogP contribution in [0.3, 0.4) is 0 Å². The molecule has 29 heavy (non-hydrogen) atoms. The monoisotopic (exact) mass is 525 g/mol. The van der Waals surface area contributed by atoms with Crippen LogP contribution < -0.4 is 5.32 Å². The normalized spacial score (nSPS) is 19.6. The molecule has 2 aliphatic heterocycles. The first-order valence-electron chi connectivity index (χ1n) is 10.9. The molecular weight excluding hydrogens is 485 g/mol. The van der Waals surface area contributed by atoms with Crippen molar-refractivity contribution >= 4 is 35.8 Å². The predicted octanol–water partition coefficient (Wildman–Crippen LogP) is 0.845. The molecule has 2 heterocycles. The Morgan fingerprint density at radius 3 is 2.34 bits per heavy atom. The highest BCUT2D eigenvalue weighted by Gasteiger charge is 2.24. The number of aliphatic hydroxyl groups excluding tert-OH is 1. The molecule has 0 aliphatic carbocycles. The molecule has 2 fully saturated rings. The predicted molar refractivity (Wildman–Crippen MR) is 127 cm³/mol. The Hall–Kier alpha value is -0.650. The zero-order chi connectivity index (χ0) is 20.2. The number of nitrogens with zero attached hydrogens (tertiary/aromatic N) is 4. The molecule has 0 spiro atoms. The Kier molecular flexibility index (Phi) is 13.8. The number of morpholine rings is 1. The molecule has 9 heteroatoms. The summed E-state index contributed by atoms with van der Waals surface area (Å²) in [5.41, 5.74) is 0. The lowest BCUT2D eigenvalue weighted by atomic mass is 10.0. The van der Waals surface area contributed by atoms with Gasteiger partial charge in [0.05, 0.1) is 19.8 Å². The van der Waals surface area contributed by atoms with E-state index in [2.05, 4.69) is 29.0 Å². The van der Waals surface area contributed by atoms with Crippen molar-refractivity contribution in [1.29, 1.82) is 0 Å². The third-order valence-corrected chi connectivity index (χ3v) is 5.46. The summed E-state index contributed by atoms with van der Waals surface area (Å²) in [5, 5.41) is 12.7. The van der Waals surface area contributed by atoms with Gasteiger partial charge in [-0.2, -0.15) is 0 Å². The summed E-state index contributed by atoms with van der Waals surface area (Å²) < 4.78 is 5.33. The summed E-state index contributed by atoms with van der Waals surface area (Å²) in [6.07, 6.45) is 3.03. The van der Waals surface area contributed by atoms with Gasteiger partial charge in [0.2, 0.25) is 5.91 Å². The summed E-state index contributed by atoms with van der Waals surface area (Å²) in [6.45, 7) is 12.8. The van der Waals surface area contributed by atoms with Gasteiger partial charge in [-0.05, 0) is 25.7 Å². The van der Waals surface area contributed by atoms with Gasteiger partial charge in [0.15, 0.2) is 5.96 Å². The van der Waals surface area contributed by atoms with Gasteiger partial charge in [-0.3, -0.25) is 14.7 Å². The van der Waals surface area contributed by atoms with E-state index in [1.165, 1.54) is 0 Å². The summed E-state index contributed by atoms with van der Waals surface area (Å²) in [6, 6.07) is 0. The number of guanidine groups is 1. The van der Waals surface area contributed by atoms with E-state index in [1.807, 2.05) is 4.90 Å². The molecule has 2 aliphatic rings. The van der Waals surface area contributed by atoms with Crippen molar-refractivity contribution in [2.24, 2.45) is 10.9 Å². The van der Waals surface area contributed by atoms with Crippen molar-refractivity contribution < 1.29 is 14.6 Å². The van der Waals surface area contributed by atoms with Gasteiger partial charge in [-0.25, -0.2) is 0 Å². The number of hydrogen-bond donors (Lipinski definition) is 2. The standard InChI is InChI=1S/C20H39N5O3.HI/c1-3-5-18(6-13-26)16-22-20(21-4-2)25-9-7-23(8-10-25)17-19(27)24-11-14-28-15-12-24;/h18,26H,3-17H2,1-2H3,(H,21,22);1H. The molecule has 2 rings (SSSR count).